The highest BCUT2D eigenvalue weighted by Crippen LogP contribution is 2.32. The SMILES string of the molecule is CSc1ccc2c(c1)[C@@H](O)CCSC2. The fourth-order valence-electron chi connectivity index (χ4n) is 1.67. The first kappa shape index (κ1) is 10.4. The summed E-state index contributed by atoms with van der Waals surface area (Å²) in [7, 11) is 0. The predicted octanol–water partition coefficient (Wildman–Crippen LogP) is 3.08. The molecule has 0 amide bonds. The van der Waals surface area contributed by atoms with E-state index in [9.17, 15) is 5.11 Å². The van der Waals surface area contributed by atoms with E-state index in [1.54, 1.807) is 11.8 Å². The molecule has 1 atom stereocenters. The van der Waals surface area contributed by atoms with Crippen molar-refractivity contribution in [2.75, 3.05) is 12.0 Å². The summed E-state index contributed by atoms with van der Waals surface area (Å²) in [6, 6.07) is 6.43. The smallest absolute Gasteiger partial charge is 0.0801 e. The van der Waals surface area contributed by atoms with Crippen LogP contribution in [-0.2, 0) is 5.75 Å². The van der Waals surface area contributed by atoms with Gasteiger partial charge in [-0.3, -0.25) is 0 Å². The van der Waals surface area contributed by atoms with Gasteiger partial charge in [0, 0.05) is 10.6 Å². The van der Waals surface area contributed by atoms with Gasteiger partial charge in [0.2, 0.25) is 0 Å². The van der Waals surface area contributed by atoms with Crippen LogP contribution in [0.5, 0.6) is 0 Å². The number of fused-ring (bicyclic) bond motifs is 1. The molecule has 0 saturated carbocycles. The van der Waals surface area contributed by atoms with Crippen LogP contribution in [0.3, 0.4) is 0 Å². The Labute approximate surface area is 93.3 Å². The minimum atomic E-state index is -0.257. The molecule has 1 N–H and O–H groups in total. The molecule has 0 radical (unpaired) electrons. The Morgan fingerprint density at radius 2 is 2.36 bits per heavy atom. The van der Waals surface area contributed by atoms with Gasteiger partial charge >= 0.3 is 0 Å². The summed E-state index contributed by atoms with van der Waals surface area (Å²) in [5, 5.41) is 9.94. The summed E-state index contributed by atoms with van der Waals surface area (Å²) in [6.07, 6.45) is 2.70. The standard InChI is InChI=1S/C11H14OS2/c1-13-9-3-2-8-7-14-5-4-11(12)10(8)6-9/h2-3,6,11-12H,4-5,7H2,1H3/t11-/m0/s1. The highest BCUT2D eigenvalue weighted by atomic mass is 32.2. The molecule has 0 fully saturated rings. The summed E-state index contributed by atoms with van der Waals surface area (Å²) in [6.45, 7) is 0. The third-order valence-corrected chi connectivity index (χ3v) is 4.27. The van der Waals surface area contributed by atoms with Crippen molar-refractivity contribution in [1.82, 2.24) is 0 Å². The van der Waals surface area contributed by atoms with Crippen LogP contribution in [0.15, 0.2) is 23.1 Å². The van der Waals surface area contributed by atoms with Gasteiger partial charge in [0.1, 0.15) is 0 Å². The maximum Gasteiger partial charge on any atom is 0.0801 e. The molecule has 3 heteroatoms. The number of rotatable bonds is 1. The van der Waals surface area contributed by atoms with Gasteiger partial charge in [-0.1, -0.05) is 6.07 Å². The Bertz CT molecular complexity index is 325. The van der Waals surface area contributed by atoms with Crippen LogP contribution >= 0.6 is 23.5 Å². The Morgan fingerprint density at radius 1 is 1.50 bits per heavy atom. The van der Waals surface area contributed by atoms with Crippen LogP contribution in [0.25, 0.3) is 0 Å². The molecule has 0 bridgehead atoms. The van der Waals surface area contributed by atoms with Crippen molar-refractivity contribution in [3.05, 3.63) is 29.3 Å². The maximum atomic E-state index is 9.94. The van der Waals surface area contributed by atoms with Gasteiger partial charge in [-0.2, -0.15) is 11.8 Å². The van der Waals surface area contributed by atoms with Crippen LogP contribution in [0.1, 0.15) is 23.7 Å². The Morgan fingerprint density at radius 3 is 3.14 bits per heavy atom. The topological polar surface area (TPSA) is 20.2 Å². The first-order chi connectivity index (χ1) is 6.81. The van der Waals surface area contributed by atoms with E-state index in [4.69, 9.17) is 0 Å². The zero-order valence-corrected chi connectivity index (χ0v) is 9.83. The predicted molar refractivity (Wildman–Crippen MR) is 64.0 cm³/mol. The van der Waals surface area contributed by atoms with E-state index in [2.05, 4.69) is 24.5 Å². The van der Waals surface area contributed by atoms with Crippen LogP contribution in [0.4, 0.5) is 0 Å². The molecule has 0 spiro atoms. The van der Waals surface area contributed by atoms with Crippen LogP contribution in [-0.4, -0.2) is 17.1 Å². The van der Waals surface area contributed by atoms with Crippen molar-refractivity contribution in [3.8, 4) is 0 Å². The molecular weight excluding hydrogens is 212 g/mol. The molecular formula is C11H14OS2. The number of aliphatic hydroxyl groups excluding tert-OH is 1. The Hall–Kier alpha value is -0.120. The largest absolute Gasteiger partial charge is 0.388 e. The zero-order valence-electron chi connectivity index (χ0n) is 8.19. The molecule has 1 aliphatic rings. The van der Waals surface area contributed by atoms with Gasteiger partial charge in [0.15, 0.2) is 0 Å². The van der Waals surface area contributed by atoms with Gasteiger partial charge in [-0.25, -0.2) is 0 Å². The first-order valence-electron chi connectivity index (χ1n) is 4.74. The first-order valence-corrected chi connectivity index (χ1v) is 7.12. The van der Waals surface area contributed by atoms with E-state index in [1.807, 2.05) is 11.8 Å². The quantitative estimate of drug-likeness (QED) is 0.743. The fourth-order valence-corrected chi connectivity index (χ4v) is 3.14. The lowest BCUT2D eigenvalue weighted by Crippen LogP contribution is -1.99. The normalized spacial score (nSPS) is 21.4. The van der Waals surface area contributed by atoms with Crippen molar-refractivity contribution in [3.63, 3.8) is 0 Å². The second-order valence-electron chi connectivity index (χ2n) is 3.42. The van der Waals surface area contributed by atoms with E-state index >= 15 is 0 Å². The van der Waals surface area contributed by atoms with Gasteiger partial charge < -0.3 is 5.11 Å². The molecule has 0 unspecified atom stereocenters. The van der Waals surface area contributed by atoms with Crippen molar-refractivity contribution >= 4 is 23.5 Å². The number of aliphatic hydroxyl groups is 1. The molecule has 0 saturated heterocycles. The van der Waals surface area contributed by atoms with Crippen molar-refractivity contribution in [2.45, 2.75) is 23.2 Å². The molecule has 1 aromatic rings. The lowest BCUT2D eigenvalue weighted by molar-refractivity contribution is 0.174. The highest BCUT2D eigenvalue weighted by Gasteiger charge is 2.16. The van der Waals surface area contributed by atoms with Crippen LogP contribution < -0.4 is 0 Å². The summed E-state index contributed by atoms with van der Waals surface area (Å²) in [5.41, 5.74) is 2.44. The van der Waals surface area contributed by atoms with Crippen molar-refractivity contribution < 1.29 is 5.11 Å². The van der Waals surface area contributed by atoms with Crippen LogP contribution in [0.2, 0.25) is 0 Å². The molecule has 0 aromatic heterocycles. The molecule has 0 aliphatic carbocycles. The third kappa shape index (κ3) is 2.10. The summed E-state index contributed by atoms with van der Waals surface area (Å²) in [4.78, 5) is 1.25. The van der Waals surface area contributed by atoms with Gasteiger partial charge in [0.05, 0.1) is 6.10 Å². The average Bonchev–Trinajstić information content (AvgIpc) is 2.40. The van der Waals surface area contributed by atoms with E-state index < -0.39 is 0 Å². The molecule has 1 heterocycles. The number of benzene rings is 1. The summed E-state index contributed by atoms with van der Waals surface area (Å²) in [5.74, 6) is 2.10. The molecule has 1 aliphatic heterocycles. The van der Waals surface area contributed by atoms with Gasteiger partial charge in [-0.05, 0) is 41.7 Å². The maximum absolute atomic E-state index is 9.94. The van der Waals surface area contributed by atoms with E-state index in [0.29, 0.717) is 0 Å². The van der Waals surface area contributed by atoms with Crippen molar-refractivity contribution in [2.24, 2.45) is 0 Å². The van der Waals surface area contributed by atoms with E-state index in [1.165, 1.54) is 10.5 Å². The summed E-state index contributed by atoms with van der Waals surface area (Å²) >= 11 is 3.64. The minimum absolute atomic E-state index is 0.257. The summed E-state index contributed by atoms with van der Waals surface area (Å²) < 4.78 is 0. The minimum Gasteiger partial charge on any atom is -0.388 e. The third-order valence-electron chi connectivity index (χ3n) is 2.51. The molecule has 76 valence electrons. The number of hydrogen-bond donors (Lipinski definition) is 1. The monoisotopic (exact) mass is 226 g/mol. The second-order valence-corrected chi connectivity index (χ2v) is 5.41. The highest BCUT2D eigenvalue weighted by molar-refractivity contribution is 7.98. The number of hydrogen-bond acceptors (Lipinski definition) is 3. The molecule has 1 aromatic carbocycles. The zero-order chi connectivity index (χ0) is 9.97. The fraction of sp³-hybridized carbons (Fsp3) is 0.455. The lowest BCUT2D eigenvalue weighted by Gasteiger charge is -2.12. The van der Waals surface area contributed by atoms with Crippen molar-refractivity contribution in [1.29, 1.82) is 0 Å². The molecule has 1 nitrogen and oxygen atoms in total. The lowest BCUT2D eigenvalue weighted by atomic mass is 10.0. The van der Waals surface area contributed by atoms with Gasteiger partial charge in [-0.15, -0.1) is 11.8 Å². The average molecular weight is 226 g/mol. The number of thioether (sulfide) groups is 2. The van der Waals surface area contributed by atoms with Gasteiger partial charge in [0.25, 0.3) is 0 Å². The van der Waals surface area contributed by atoms with E-state index in [-0.39, 0.29) is 6.10 Å². The Balaban J connectivity index is 2.39. The van der Waals surface area contributed by atoms with Crippen LogP contribution in [0, 0.1) is 0 Å². The molecule has 2 rings (SSSR count). The second kappa shape index (κ2) is 4.60. The molecule has 14 heavy (non-hydrogen) atoms. The Kier molecular flexibility index (Phi) is 3.42. The van der Waals surface area contributed by atoms with E-state index in [0.717, 1.165) is 23.5 Å².